The Labute approximate surface area is 197 Å². The highest BCUT2D eigenvalue weighted by Gasteiger charge is 2.70. The van der Waals surface area contributed by atoms with Crippen molar-refractivity contribution in [1.82, 2.24) is 9.80 Å². The first kappa shape index (κ1) is 25.1. The number of hydrogen-bond donors (Lipinski definition) is 4. The Morgan fingerprint density at radius 1 is 1.26 bits per heavy atom. The lowest BCUT2D eigenvalue weighted by Crippen LogP contribution is -2.77. The minimum atomic E-state index is -1.45. The summed E-state index contributed by atoms with van der Waals surface area (Å²) in [6.45, 7) is 2.97. The van der Waals surface area contributed by atoms with E-state index in [9.17, 15) is 29.5 Å². The van der Waals surface area contributed by atoms with Gasteiger partial charge in [0.15, 0.2) is 0 Å². The maximum Gasteiger partial charge on any atom is 0.251 e. The fraction of sp³-hybridized carbons (Fsp3) is 0.522. The largest absolute Gasteiger partial charge is 0.391 e. The van der Waals surface area contributed by atoms with Gasteiger partial charge in [0.05, 0.1) is 30.2 Å². The van der Waals surface area contributed by atoms with Crippen molar-refractivity contribution in [3.8, 4) is 6.07 Å². The molecule has 34 heavy (non-hydrogen) atoms. The average Bonchev–Trinajstić information content (AvgIpc) is 3.08. The standard InChI is InChI=1S/C23H30N6O5/c1-13(30)17(26)20(33)29-18(14-6-4-3-5-7-14)22(2,11-24)10-23(29)12-28(21(23)34)15(19(27)32)8-9-16(25)31/h3-7,13,15,17-18,30H,8-10,12,26H2,1-2H3,(H2,25,31)(H2,27,32)/t13-,15+,17+,18?,22?,23?/m1/s1. The molecule has 2 aliphatic rings. The van der Waals surface area contributed by atoms with Crippen LogP contribution in [0.25, 0.3) is 0 Å². The maximum atomic E-state index is 13.7. The number of β-lactam (4-membered cyclic amide) rings is 1. The molecule has 182 valence electrons. The summed E-state index contributed by atoms with van der Waals surface area (Å²) in [5.41, 5.74) is 14.7. The first-order valence-electron chi connectivity index (χ1n) is 11.0. The Hall–Kier alpha value is -3.49. The number of benzene rings is 1. The lowest BCUT2D eigenvalue weighted by atomic mass is 9.74. The predicted molar refractivity (Wildman–Crippen MR) is 120 cm³/mol. The molecule has 4 amide bonds. The average molecular weight is 471 g/mol. The fourth-order valence-electron chi connectivity index (χ4n) is 5.17. The zero-order valence-corrected chi connectivity index (χ0v) is 19.2. The smallest absolute Gasteiger partial charge is 0.251 e. The van der Waals surface area contributed by atoms with Crippen LogP contribution in [0.4, 0.5) is 0 Å². The molecule has 3 rings (SSSR count). The molecule has 0 aromatic heterocycles. The second kappa shape index (κ2) is 9.04. The zero-order valence-electron chi connectivity index (χ0n) is 19.2. The zero-order chi connectivity index (χ0) is 25.4. The number of rotatable bonds is 8. The van der Waals surface area contributed by atoms with E-state index in [1.165, 1.54) is 16.7 Å². The molecule has 0 bridgehead atoms. The molecule has 2 fully saturated rings. The van der Waals surface area contributed by atoms with E-state index in [-0.39, 0.29) is 25.8 Å². The van der Waals surface area contributed by atoms with Gasteiger partial charge in [-0.1, -0.05) is 30.3 Å². The van der Waals surface area contributed by atoms with E-state index in [1.54, 1.807) is 37.3 Å². The molecule has 7 N–H and O–H groups in total. The Bertz CT molecular complexity index is 1040. The van der Waals surface area contributed by atoms with Crippen LogP contribution in [-0.4, -0.2) is 68.8 Å². The Morgan fingerprint density at radius 2 is 1.88 bits per heavy atom. The third kappa shape index (κ3) is 3.99. The van der Waals surface area contributed by atoms with Crippen LogP contribution >= 0.6 is 0 Å². The number of likely N-dealkylation sites (tertiary alicyclic amines) is 2. The van der Waals surface area contributed by atoms with Crippen LogP contribution in [0, 0.1) is 16.7 Å². The maximum absolute atomic E-state index is 13.7. The summed E-state index contributed by atoms with van der Waals surface area (Å²) < 4.78 is 0. The number of amides is 4. The molecule has 0 aliphatic carbocycles. The van der Waals surface area contributed by atoms with Crippen LogP contribution in [0.2, 0.25) is 0 Å². The molecule has 2 saturated heterocycles. The number of nitriles is 1. The van der Waals surface area contributed by atoms with Crippen LogP contribution < -0.4 is 17.2 Å². The lowest BCUT2D eigenvalue weighted by molar-refractivity contribution is -0.176. The summed E-state index contributed by atoms with van der Waals surface area (Å²) in [6.07, 6.45) is -1.39. The van der Waals surface area contributed by atoms with Gasteiger partial charge in [0.1, 0.15) is 17.6 Å². The van der Waals surface area contributed by atoms with Crippen LogP contribution in [0.1, 0.15) is 44.7 Å². The highest BCUT2D eigenvalue weighted by Crippen LogP contribution is 2.58. The van der Waals surface area contributed by atoms with E-state index in [1.807, 2.05) is 0 Å². The van der Waals surface area contributed by atoms with Crippen molar-refractivity contribution in [1.29, 1.82) is 5.26 Å². The number of primary amides is 2. The summed E-state index contributed by atoms with van der Waals surface area (Å²) in [6, 6.07) is 7.87. The second-order valence-electron chi connectivity index (χ2n) is 9.38. The third-order valence-corrected chi connectivity index (χ3v) is 6.86. The third-order valence-electron chi connectivity index (χ3n) is 6.86. The topological polar surface area (TPSA) is 197 Å². The number of nitrogens with zero attached hydrogens (tertiary/aromatic N) is 3. The molecule has 0 saturated carbocycles. The molecular weight excluding hydrogens is 440 g/mol. The van der Waals surface area contributed by atoms with Gasteiger partial charge in [-0.05, 0) is 25.8 Å². The number of carbonyl (C=O) groups is 4. The van der Waals surface area contributed by atoms with Crippen LogP contribution in [0.5, 0.6) is 0 Å². The minimum absolute atomic E-state index is 0.00493. The second-order valence-corrected chi connectivity index (χ2v) is 9.38. The molecule has 1 aromatic rings. The molecule has 11 nitrogen and oxygen atoms in total. The minimum Gasteiger partial charge on any atom is -0.391 e. The van der Waals surface area contributed by atoms with Crippen molar-refractivity contribution in [2.75, 3.05) is 6.54 Å². The van der Waals surface area contributed by atoms with Gasteiger partial charge in [0.25, 0.3) is 5.91 Å². The quantitative estimate of drug-likeness (QED) is 0.346. The summed E-state index contributed by atoms with van der Waals surface area (Å²) in [5, 5.41) is 20.2. The predicted octanol–water partition coefficient (Wildman–Crippen LogP) is -1.10. The fourth-order valence-corrected chi connectivity index (χ4v) is 5.17. The number of carbonyl (C=O) groups excluding carboxylic acids is 4. The molecule has 11 heteroatoms. The van der Waals surface area contributed by atoms with Gasteiger partial charge in [0.2, 0.25) is 17.7 Å². The molecule has 1 aromatic carbocycles. The van der Waals surface area contributed by atoms with Gasteiger partial charge in [0, 0.05) is 12.8 Å². The van der Waals surface area contributed by atoms with Gasteiger partial charge < -0.3 is 32.1 Å². The van der Waals surface area contributed by atoms with Crippen molar-refractivity contribution in [2.45, 2.75) is 62.9 Å². The van der Waals surface area contributed by atoms with Crippen molar-refractivity contribution < 1.29 is 24.3 Å². The first-order chi connectivity index (χ1) is 15.9. The van der Waals surface area contributed by atoms with E-state index in [0.717, 1.165) is 0 Å². The molecule has 2 heterocycles. The molecule has 6 atom stereocenters. The number of aliphatic hydroxyl groups is 1. The van der Waals surface area contributed by atoms with E-state index in [2.05, 4.69) is 6.07 Å². The van der Waals surface area contributed by atoms with E-state index >= 15 is 0 Å². The van der Waals surface area contributed by atoms with Crippen LogP contribution in [0.15, 0.2) is 30.3 Å². The molecular formula is C23H30N6O5. The SMILES string of the molecule is C[C@@H](O)[C@H](N)C(=O)N1C(c2ccccc2)C(C)(C#N)CC12CN([C@@H](CCC(N)=O)C(N)=O)C2=O. The van der Waals surface area contributed by atoms with E-state index in [0.29, 0.717) is 5.56 Å². The van der Waals surface area contributed by atoms with Crippen LogP contribution in [-0.2, 0) is 19.2 Å². The number of nitrogens with two attached hydrogens (primary N) is 3. The lowest BCUT2D eigenvalue weighted by Gasteiger charge is -2.54. The first-order valence-corrected chi connectivity index (χ1v) is 11.0. The Morgan fingerprint density at radius 3 is 2.35 bits per heavy atom. The van der Waals surface area contributed by atoms with Crippen molar-refractivity contribution >= 4 is 23.6 Å². The Kier molecular flexibility index (Phi) is 6.68. The summed E-state index contributed by atoms with van der Waals surface area (Å²) >= 11 is 0. The summed E-state index contributed by atoms with van der Waals surface area (Å²) in [4.78, 5) is 53.0. The van der Waals surface area contributed by atoms with Gasteiger partial charge in [-0.3, -0.25) is 19.2 Å². The molecule has 2 aliphatic heterocycles. The Balaban J connectivity index is 2.08. The summed E-state index contributed by atoms with van der Waals surface area (Å²) in [5.74, 6) is -2.69. The highest BCUT2D eigenvalue weighted by molar-refractivity contribution is 6.01. The number of hydrogen-bond acceptors (Lipinski definition) is 7. The summed E-state index contributed by atoms with van der Waals surface area (Å²) in [7, 11) is 0. The van der Waals surface area contributed by atoms with Gasteiger partial charge >= 0.3 is 0 Å². The monoisotopic (exact) mass is 470 g/mol. The van der Waals surface area contributed by atoms with Crippen molar-refractivity contribution in [2.24, 2.45) is 22.6 Å². The highest BCUT2D eigenvalue weighted by atomic mass is 16.3. The van der Waals surface area contributed by atoms with Crippen LogP contribution in [0.3, 0.4) is 0 Å². The number of aliphatic hydroxyl groups excluding tert-OH is 1. The molecule has 1 spiro atoms. The van der Waals surface area contributed by atoms with Crippen molar-refractivity contribution in [3.05, 3.63) is 35.9 Å². The van der Waals surface area contributed by atoms with E-state index in [4.69, 9.17) is 17.2 Å². The van der Waals surface area contributed by atoms with Gasteiger partial charge in [-0.15, -0.1) is 0 Å². The van der Waals surface area contributed by atoms with E-state index < -0.39 is 58.8 Å². The normalized spacial score (nSPS) is 28.7. The van der Waals surface area contributed by atoms with Crippen molar-refractivity contribution in [3.63, 3.8) is 0 Å². The molecule has 0 radical (unpaired) electrons. The van der Waals surface area contributed by atoms with Gasteiger partial charge in [-0.2, -0.15) is 5.26 Å². The van der Waals surface area contributed by atoms with Gasteiger partial charge in [-0.25, -0.2) is 0 Å². The molecule has 3 unspecified atom stereocenters.